The van der Waals surface area contributed by atoms with Crippen LogP contribution in [0.3, 0.4) is 0 Å². The normalized spacial score (nSPS) is 19.7. The van der Waals surface area contributed by atoms with Crippen LogP contribution in [0.2, 0.25) is 0 Å². The average molecular weight is 295 g/mol. The summed E-state index contributed by atoms with van der Waals surface area (Å²) in [5.41, 5.74) is 2.31. The highest BCUT2D eigenvalue weighted by molar-refractivity contribution is 5.83. The minimum Gasteiger partial charge on any atom is -0.508 e. The highest BCUT2D eigenvalue weighted by atomic mass is 16.3. The third-order valence-corrected chi connectivity index (χ3v) is 4.34. The van der Waals surface area contributed by atoms with E-state index in [-0.39, 0.29) is 17.6 Å². The third kappa shape index (κ3) is 3.14. The molecule has 1 aliphatic carbocycles. The first-order chi connectivity index (χ1) is 10.7. The lowest BCUT2D eigenvalue weighted by molar-refractivity contribution is -0.133. The van der Waals surface area contributed by atoms with E-state index in [1.54, 1.807) is 12.1 Å². The van der Waals surface area contributed by atoms with Gasteiger partial charge in [-0.05, 0) is 42.5 Å². The topological polar surface area (TPSA) is 40.5 Å². The summed E-state index contributed by atoms with van der Waals surface area (Å²) in [7, 11) is 0. The van der Waals surface area contributed by atoms with Gasteiger partial charge in [0.2, 0.25) is 5.91 Å². The van der Waals surface area contributed by atoms with Crippen LogP contribution < -0.4 is 0 Å². The summed E-state index contributed by atoms with van der Waals surface area (Å²) < 4.78 is 0. The fraction of sp³-hybridized carbons (Fsp3) is 0.316. The maximum atomic E-state index is 12.7. The number of benzene rings is 2. The standard InChI is InChI=1S/C19H21NO2/c1-2-20(13-14-6-4-3-5-7-14)19(22)18-12-17(18)15-8-10-16(21)11-9-15/h3-11,17-18,21H,2,12-13H2,1H3. The molecule has 114 valence electrons. The monoisotopic (exact) mass is 295 g/mol. The first-order valence-electron chi connectivity index (χ1n) is 7.80. The quantitative estimate of drug-likeness (QED) is 0.916. The van der Waals surface area contributed by atoms with Crippen molar-refractivity contribution >= 4 is 5.91 Å². The van der Waals surface area contributed by atoms with Crippen LogP contribution >= 0.6 is 0 Å². The molecule has 0 heterocycles. The highest BCUT2D eigenvalue weighted by Gasteiger charge is 2.45. The molecule has 2 aromatic rings. The van der Waals surface area contributed by atoms with Gasteiger partial charge in [-0.1, -0.05) is 42.5 Å². The van der Waals surface area contributed by atoms with Crippen molar-refractivity contribution < 1.29 is 9.90 Å². The number of hydrogen-bond acceptors (Lipinski definition) is 2. The smallest absolute Gasteiger partial charge is 0.226 e. The van der Waals surface area contributed by atoms with Gasteiger partial charge < -0.3 is 10.0 Å². The maximum Gasteiger partial charge on any atom is 0.226 e. The lowest BCUT2D eigenvalue weighted by Crippen LogP contribution is -2.31. The molecule has 0 aliphatic heterocycles. The van der Waals surface area contributed by atoms with E-state index in [4.69, 9.17) is 0 Å². The van der Waals surface area contributed by atoms with Gasteiger partial charge in [0.1, 0.15) is 5.75 Å². The summed E-state index contributed by atoms with van der Waals surface area (Å²) in [6.45, 7) is 3.43. The van der Waals surface area contributed by atoms with E-state index in [1.165, 1.54) is 5.56 Å². The molecule has 3 rings (SSSR count). The van der Waals surface area contributed by atoms with Gasteiger partial charge in [-0.15, -0.1) is 0 Å². The van der Waals surface area contributed by atoms with Gasteiger partial charge in [0, 0.05) is 19.0 Å². The lowest BCUT2D eigenvalue weighted by atomic mass is 10.1. The minimum atomic E-state index is 0.0909. The van der Waals surface area contributed by atoms with Crippen LogP contribution in [-0.4, -0.2) is 22.5 Å². The summed E-state index contributed by atoms with van der Waals surface area (Å²) in [4.78, 5) is 14.6. The van der Waals surface area contributed by atoms with Crippen molar-refractivity contribution in [3.63, 3.8) is 0 Å². The number of phenols is 1. The molecule has 2 atom stereocenters. The predicted octanol–water partition coefficient (Wildman–Crippen LogP) is 3.54. The number of nitrogens with zero attached hydrogens (tertiary/aromatic N) is 1. The van der Waals surface area contributed by atoms with Crippen LogP contribution in [0.4, 0.5) is 0 Å². The molecule has 1 saturated carbocycles. The largest absolute Gasteiger partial charge is 0.508 e. The van der Waals surface area contributed by atoms with Gasteiger partial charge in [0.25, 0.3) is 0 Å². The second-order valence-electron chi connectivity index (χ2n) is 5.88. The Hall–Kier alpha value is -2.29. The minimum absolute atomic E-state index is 0.0909. The van der Waals surface area contributed by atoms with Gasteiger partial charge in [0.15, 0.2) is 0 Å². The maximum absolute atomic E-state index is 12.7. The van der Waals surface area contributed by atoms with Crippen molar-refractivity contribution in [1.82, 2.24) is 4.90 Å². The molecule has 1 N–H and O–H groups in total. The second-order valence-corrected chi connectivity index (χ2v) is 5.88. The third-order valence-electron chi connectivity index (χ3n) is 4.34. The van der Waals surface area contributed by atoms with E-state index in [1.807, 2.05) is 42.2 Å². The van der Waals surface area contributed by atoms with Crippen molar-refractivity contribution in [3.8, 4) is 5.75 Å². The Kier molecular flexibility index (Phi) is 4.14. The van der Waals surface area contributed by atoms with Crippen molar-refractivity contribution in [2.24, 2.45) is 5.92 Å². The summed E-state index contributed by atoms with van der Waals surface area (Å²) in [5.74, 6) is 0.905. The summed E-state index contributed by atoms with van der Waals surface area (Å²) >= 11 is 0. The van der Waals surface area contributed by atoms with Crippen molar-refractivity contribution in [2.75, 3.05) is 6.54 Å². The van der Waals surface area contributed by atoms with Crippen LogP contribution in [0.15, 0.2) is 54.6 Å². The number of rotatable bonds is 5. The predicted molar refractivity (Wildman–Crippen MR) is 86.5 cm³/mol. The summed E-state index contributed by atoms with van der Waals surface area (Å²) in [5, 5.41) is 9.35. The summed E-state index contributed by atoms with van der Waals surface area (Å²) in [6, 6.07) is 17.3. The van der Waals surface area contributed by atoms with Gasteiger partial charge in [-0.25, -0.2) is 0 Å². The number of amides is 1. The molecule has 2 unspecified atom stereocenters. The molecule has 0 saturated heterocycles. The van der Waals surface area contributed by atoms with Crippen LogP contribution in [0, 0.1) is 5.92 Å². The SMILES string of the molecule is CCN(Cc1ccccc1)C(=O)C1CC1c1ccc(O)cc1. The molecule has 1 aliphatic rings. The fourth-order valence-electron chi connectivity index (χ4n) is 2.94. The molecular formula is C19H21NO2. The van der Waals surface area contributed by atoms with Crippen molar-refractivity contribution in [2.45, 2.75) is 25.8 Å². The molecule has 0 spiro atoms. The Bertz CT molecular complexity index is 636. The summed E-state index contributed by atoms with van der Waals surface area (Å²) in [6.07, 6.45) is 0.912. The van der Waals surface area contributed by atoms with Gasteiger partial charge in [0.05, 0.1) is 0 Å². The molecule has 3 nitrogen and oxygen atoms in total. The highest BCUT2D eigenvalue weighted by Crippen LogP contribution is 2.48. The lowest BCUT2D eigenvalue weighted by Gasteiger charge is -2.21. The van der Waals surface area contributed by atoms with Gasteiger partial charge in [-0.3, -0.25) is 4.79 Å². The molecule has 3 heteroatoms. The Morgan fingerprint density at radius 1 is 1.14 bits per heavy atom. The van der Waals surface area contributed by atoms with E-state index in [0.717, 1.165) is 18.5 Å². The Balaban J connectivity index is 1.64. The van der Waals surface area contributed by atoms with E-state index >= 15 is 0 Å². The number of carbonyl (C=O) groups is 1. The molecule has 1 fully saturated rings. The van der Waals surface area contributed by atoms with Crippen molar-refractivity contribution in [1.29, 1.82) is 0 Å². The number of carbonyl (C=O) groups excluding carboxylic acids is 1. The Morgan fingerprint density at radius 2 is 1.82 bits per heavy atom. The first-order valence-corrected chi connectivity index (χ1v) is 7.80. The molecule has 2 aromatic carbocycles. The fourth-order valence-corrected chi connectivity index (χ4v) is 2.94. The zero-order valence-corrected chi connectivity index (χ0v) is 12.8. The van der Waals surface area contributed by atoms with Crippen molar-refractivity contribution in [3.05, 3.63) is 65.7 Å². The van der Waals surface area contributed by atoms with Crippen LogP contribution in [0.25, 0.3) is 0 Å². The van der Waals surface area contributed by atoms with Gasteiger partial charge in [-0.2, -0.15) is 0 Å². The molecule has 0 bridgehead atoms. The second kappa shape index (κ2) is 6.22. The first kappa shape index (κ1) is 14.6. The van der Waals surface area contributed by atoms with E-state index in [9.17, 15) is 9.90 Å². The van der Waals surface area contributed by atoms with Crippen LogP contribution in [-0.2, 0) is 11.3 Å². The van der Waals surface area contributed by atoms with E-state index in [0.29, 0.717) is 12.5 Å². The molecular weight excluding hydrogens is 274 g/mol. The van der Waals surface area contributed by atoms with E-state index < -0.39 is 0 Å². The van der Waals surface area contributed by atoms with Gasteiger partial charge >= 0.3 is 0 Å². The molecule has 22 heavy (non-hydrogen) atoms. The number of hydrogen-bond donors (Lipinski definition) is 1. The average Bonchev–Trinajstić information content (AvgIpc) is 3.34. The van der Waals surface area contributed by atoms with Crippen LogP contribution in [0.1, 0.15) is 30.4 Å². The molecule has 0 radical (unpaired) electrons. The molecule has 0 aromatic heterocycles. The number of phenolic OH excluding ortho intramolecular Hbond substituents is 1. The zero-order valence-electron chi connectivity index (χ0n) is 12.8. The number of aromatic hydroxyl groups is 1. The Labute approximate surface area is 131 Å². The van der Waals surface area contributed by atoms with Crippen LogP contribution in [0.5, 0.6) is 5.75 Å². The van der Waals surface area contributed by atoms with E-state index in [2.05, 4.69) is 12.1 Å². The molecule has 1 amide bonds. The zero-order chi connectivity index (χ0) is 15.5. The Morgan fingerprint density at radius 3 is 2.45 bits per heavy atom.